The van der Waals surface area contributed by atoms with Crippen LogP contribution in [-0.4, -0.2) is 228 Å². The standard InChI is InChI=1S/C34H40N2O10S.C29H38N2O10S.C26H32N2O8S/c1-42-29-21-24-20-28(35-31(23-8-4-3-5-9-23)27(24)22-30(29)43-2)32(37)46-17-7-6-16-45-25-10-12-26(13-11-25)47(40,41)34(33(38)36-39)14-18-44-19-15-34;1-20-24-19-26(38-3)25(37-2)18-21(24)10-13-31(20)28(33)41-15-5-4-14-40-22-6-8-23(9-7-22)42(35,36)29(27(32)30-34)11-16-39-17-12-29;29-24(27-31)26(12-17-34-18-13-26)37(32,33)23-9-7-22(8-10-23)35-15-3-4-16-36-25(30)28-14-11-20-5-1-2-6-21(20)19-28/h3-5,8-13,21-22,28,31,35,39H,6-7,14-20H2,1-2H3,(H,36,38);6-9,18-20,34H,4-5,10-17H2,1-3H3,(H,30,32);1-2,5-10,31H,3-4,11-19H2,(H,27,29). The van der Waals surface area contributed by atoms with Crippen LogP contribution in [0.2, 0.25) is 0 Å². The summed E-state index contributed by atoms with van der Waals surface area (Å²) in [6, 6.07) is 42.2. The van der Waals surface area contributed by atoms with E-state index in [-0.39, 0.29) is 143 Å². The Bertz CT molecular complexity index is 5210. The topological polar surface area (TPSA) is 440 Å². The number of sulfone groups is 3. The molecule has 682 valence electrons. The molecule has 3 atom stereocenters. The molecule has 0 aromatic heterocycles. The lowest BCUT2D eigenvalue weighted by Crippen LogP contribution is -2.54. The van der Waals surface area contributed by atoms with Gasteiger partial charge in [0.15, 0.2) is 66.8 Å². The average Bonchev–Trinajstić information content (AvgIpc) is 0.759. The molecule has 0 aliphatic carbocycles. The summed E-state index contributed by atoms with van der Waals surface area (Å²) >= 11 is 0. The van der Waals surface area contributed by atoms with Gasteiger partial charge in [0, 0.05) is 59.3 Å². The second-order valence-electron chi connectivity index (χ2n) is 30.8. The molecule has 37 heteroatoms. The Hall–Kier alpha value is -10.9. The molecule has 3 fully saturated rings. The smallest absolute Gasteiger partial charge is 0.410 e. The maximum absolute atomic E-state index is 13.4. The summed E-state index contributed by atoms with van der Waals surface area (Å²) in [5.41, 5.74) is 12.1. The molecular formula is C89H110N6O28S3. The van der Waals surface area contributed by atoms with Crippen LogP contribution in [0.5, 0.6) is 40.2 Å². The summed E-state index contributed by atoms with van der Waals surface area (Å²) < 4.78 is 146. The van der Waals surface area contributed by atoms with Crippen LogP contribution in [0.1, 0.15) is 135 Å². The molecule has 7 aromatic rings. The normalized spacial score (nSPS) is 18.0. The highest BCUT2D eigenvalue weighted by Gasteiger charge is 2.55. The molecule has 7 N–H and O–H groups in total. The van der Waals surface area contributed by atoms with Crippen molar-refractivity contribution in [3.63, 3.8) is 0 Å². The third-order valence-corrected chi connectivity index (χ3v) is 31.0. The number of nitrogens with one attached hydrogen (secondary N) is 4. The molecule has 0 bridgehead atoms. The van der Waals surface area contributed by atoms with E-state index in [1.54, 1.807) is 38.2 Å². The number of rotatable bonds is 33. The molecule has 3 saturated heterocycles. The summed E-state index contributed by atoms with van der Waals surface area (Å²) in [4.78, 5) is 78.7. The number of ether oxygens (including phenoxy) is 13. The molecule has 126 heavy (non-hydrogen) atoms. The first-order valence-corrected chi connectivity index (χ1v) is 46.1. The van der Waals surface area contributed by atoms with E-state index in [0.29, 0.717) is 131 Å². The zero-order chi connectivity index (χ0) is 90.1. The molecule has 6 heterocycles. The number of benzene rings is 7. The SMILES string of the molecule is COc1cc2c(cc1OC)C(C)N(C(=O)OCCCCOc1ccc(S(=O)(=O)C3(C(=O)NO)CCOCC3)cc1)CC2.COc1cc2c(cc1OC)C(c1ccccc1)NC(C(=O)OCCCCOc1ccc(S(=O)(=O)C3(C(=O)NO)CCOCC3)cc1)C2.O=C(OCCCCOc1ccc(S(=O)(=O)C2(C(=O)NO)CCOCC2)cc1)N1CCc2ccccc2C1. The number of carbonyl (C=O) groups is 6. The summed E-state index contributed by atoms with van der Waals surface area (Å²) in [5.74, 6) is 0.664. The first-order valence-electron chi connectivity index (χ1n) is 41.7. The van der Waals surface area contributed by atoms with Crippen LogP contribution in [0, 0.1) is 0 Å². The quantitative estimate of drug-likeness (QED) is 0.00661. The number of hydrogen-bond donors (Lipinski definition) is 7. The number of unbranched alkanes of at least 4 members (excludes halogenated alkanes) is 3. The van der Waals surface area contributed by atoms with Crippen molar-refractivity contribution in [3.8, 4) is 40.2 Å². The van der Waals surface area contributed by atoms with E-state index in [0.717, 1.165) is 39.8 Å². The zero-order valence-corrected chi connectivity index (χ0v) is 73.5. The minimum absolute atomic E-state index is 0.0300. The highest BCUT2D eigenvalue weighted by molar-refractivity contribution is 7.94. The molecule has 34 nitrogen and oxygen atoms in total. The lowest BCUT2D eigenvalue weighted by molar-refractivity contribution is -0.146. The molecule has 13 rings (SSSR count). The van der Waals surface area contributed by atoms with Gasteiger partial charge < -0.3 is 71.4 Å². The number of hydroxylamine groups is 3. The van der Waals surface area contributed by atoms with E-state index in [1.165, 1.54) is 94.8 Å². The Morgan fingerprint density at radius 1 is 0.429 bits per heavy atom. The largest absolute Gasteiger partial charge is 0.494 e. The summed E-state index contributed by atoms with van der Waals surface area (Å²) in [5, 5.41) is 31.0. The molecule has 0 saturated carbocycles. The second kappa shape index (κ2) is 44.5. The highest BCUT2D eigenvalue weighted by Crippen LogP contribution is 2.43. The van der Waals surface area contributed by atoms with Crippen molar-refractivity contribution in [3.05, 3.63) is 191 Å². The van der Waals surface area contributed by atoms with Gasteiger partial charge in [-0.1, -0.05) is 54.6 Å². The average molecular weight is 1810 g/mol. The molecule has 7 aromatic carbocycles. The molecule has 3 unspecified atom stereocenters. The van der Waals surface area contributed by atoms with Crippen molar-refractivity contribution in [1.82, 2.24) is 31.6 Å². The number of esters is 1. The molecule has 6 aliphatic rings. The van der Waals surface area contributed by atoms with Crippen LogP contribution >= 0.6 is 0 Å². The predicted molar refractivity (Wildman–Crippen MR) is 454 cm³/mol. The monoisotopic (exact) mass is 1810 g/mol. The Morgan fingerprint density at radius 3 is 1.21 bits per heavy atom. The Balaban J connectivity index is 0.000000185. The first kappa shape index (κ1) is 95.8. The summed E-state index contributed by atoms with van der Waals surface area (Å²) in [6.45, 7) is 6.06. The van der Waals surface area contributed by atoms with Crippen LogP contribution in [0.3, 0.4) is 0 Å². The lowest BCUT2D eigenvalue weighted by Gasteiger charge is -2.35. The van der Waals surface area contributed by atoms with Gasteiger partial charge in [-0.2, -0.15) is 0 Å². The van der Waals surface area contributed by atoms with E-state index < -0.39 is 67.5 Å². The number of fused-ring (bicyclic) bond motifs is 3. The molecule has 0 radical (unpaired) electrons. The predicted octanol–water partition coefficient (Wildman–Crippen LogP) is 9.85. The van der Waals surface area contributed by atoms with Gasteiger partial charge in [0.25, 0.3) is 17.7 Å². The van der Waals surface area contributed by atoms with Crippen molar-refractivity contribution < 1.29 is 131 Å². The summed E-state index contributed by atoms with van der Waals surface area (Å²) in [6.07, 6.45) is 4.56. The van der Waals surface area contributed by atoms with Crippen molar-refractivity contribution in [2.45, 2.75) is 157 Å². The fourth-order valence-corrected chi connectivity index (χ4v) is 21.9. The number of methoxy groups -OCH3 is 4. The minimum Gasteiger partial charge on any atom is -0.494 e. The van der Waals surface area contributed by atoms with Crippen molar-refractivity contribution >= 4 is 65.4 Å². The Kier molecular flexibility index (Phi) is 33.8. The van der Waals surface area contributed by atoms with E-state index in [4.69, 9.17) is 66.8 Å². The minimum atomic E-state index is -4.12. The highest BCUT2D eigenvalue weighted by atomic mass is 32.2. The third kappa shape index (κ3) is 22.0. The van der Waals surface area contributed by atoms with Crippen LogP contribution in [0.25, 0.3) is 0 Å². The van der Waals surface area contributed by atoms with Crippen LogP contribution in [-0.2, 0) is 103 Å². The van der Waals surface area contributed by atoms with E-state index in [2.05, 4.69) is 11.4 Å². The fourth-order valence-electron chi connectivity index (χ4n) is 16.1. The van der Waals surface area contributed by atoms with E-state index in [1.807, 2.05) is 79.7 Å². The van der Waals surface area contributed by atoms with Gasteiger partial charge in [0.1, 0.15) is 23.3 Å². The van der Waals surface area contributed by atoms with Crippen molar-refractivity contribution in [2.75, 3.05) is 121 Å². The van der Waals surface area contributed by atoms with Gasteiger partial charge in [0.05, 0.1) is 94.9 Å². The Labute approximate surface area is 732 Å². The van der Waals surface area contributed by atoms with Crippen molar-refractivity contribution in [1.29, 1.82) is 0 Å². The van der Waals surface area contributed by atoms with E-state index >= 15 is 0 Å². The first-order chi connectivity index (χ1) is 60.8. The van der Waals surface area contributed by atoms with E-state index in [9.17, 15) is 64.4 Å². The maximum Gasteiger partial charge on any atom is 0.410 e. The summed E-state index contributed by atoms with van der Waals surface area (Å²) in [7, 11) is -5.94. The number of carbonyl (C=O) groups excluding carboxylic acids is 6. The molecule has 0 spiro atoms. The van der Waals surface area contributed by atoms with Gasteiger partial charge in [0.2, 0.25) is 0 Å². The van der Waals surface area contributed by atoms with Crippen molar-refractivity contribution in [2.24, 2.45) is 0 Å². The number of amides is 5. The number of nitrogens with zero attached hydrogens (tertiary/aromatic N) is 2. The lowest BCUT2D eigenvalue weighted by atomic mass is 9.86. The maximum atomic E-state index is 13.4. The van der Waals surface area contributed by atoms with Gasteiger partial charge >= 0.3 is 18.2 Å². The van der Waals surface area contributed by atoms with Gasteiger partial charge in [-0.15, -0.1) is 0 Å². The Morgan fingerprint density at radius 2 is 0.794 bits per heavy atom. The number of hydrogen-bond acceptors (Lipinski definition) is 29. The molecule has 5 amide bonds. The van der Waals surface area contributed by atoms with Crippen LogP contribution in [0.15, 0.2) is 166 Å². The van der Waals surface area contributed by atoms with Crippen LogP contribution in [0.4, 0.5) is 9.59 Å². The second-order valence-corrected chi connectivity index (χ2v) is 37.5. The zero-order valence-electron chi connectivity index (χ0n) is 71.0. The molecule has 6 aliphatic heterocycles. The van der Waals surface area contributed by atoms with Gasteiger partial charge in [-0.25, -0.2) is 51.3 Å². The van der Waals surface area contributed by atoms with Gasteiger partial charge in [-0.05, 0) is 239 Å². The van der Waals surface area contributed by atoms with Gasteiger partial charge in [-0.3, -0.25) is 40.1 Å². The fraction of sp³-hybridized carbons (Fsp3) is 0.461. The molecular weight excluding hydrogens is 1700 g/mol. The van der Waals surface area contributed by atoms with Crippen LogP contribution < -0.4 is 54.9 Å². The third-order valence-electron chi connectivity index (χ3n) is 23.5.